The number of benzene rings is 2. The van der Waals surface area contributed by atoms with Crippen molar-refractivity contribution < 1.29 is 18.4 Å². The number of primary amides is 1. The summed E-state index contributed by atoms with van der Waals surface area (Å²) in [6, 6.07) is 11.0. The third kappa shape index (κ3) is 3.94. The van der Waals surface area contributed by atoms with Crippen LogP contribution in [0.1, 0.15) is 24.9 Å². The number of nitrogens with two attached hydrogens (primary N) is 1. The van der Waals surface area contributed by atoms with Crippen molar-refractivity contribution in [2.75, 3.05) is 5.01 Å². The van der Waals surface area contributed by atoms with Crippen molar-refractivity contribution in [1.82, 2.24) is 5.32 Å². The molecule has 6 nitrogen and oxygen atoms in total. The molecule has 2 unspecified atom stereocenters. The van der Waals surface area contributed by atoms with Crippen LogP contribution < -0.4 is 16.1 Å². The van der Waals surface area contributed by atoms with Gasteiger partial charge in [-0.05, 0) is 36.8 Å². The van der Waals surface area contributed by atoms with Gasteiger partial charge in [0.05, 0.1) is 11.7 Å². The van der Waals surface area contributed by atoms with Gasteiger partial charge in [-0.2, -0.15) is 5.10 Å². The van der Waals surface area contributed by atoms with E-state index in [1.165, 1.54) is 11.1 Å². The van der Waals surface area contributed by atoms with Crippen LogP contribution in [0.2, 0.25) is 0 Å². The number of amides is 2. The van der Waals surface area contributed by atoms with Gasteiger partial charge in [0.2, 0.25) is 5.91 Å². The Hall–Kier alpha value is -3.29. The van der Waals surface area contributed by atoms with Gasteiger partial charge in [-0.3, -0.25) is 14.6 Å². The molecule has 0 aromatic heterocycles. The molecule has 2 amide bonds. The Balaban J connectivity index is 1.77. The minimum Gasteiger partial charge on any atom is -0.368 e. The van der Waals surface area contributed by atoms with Crippen molar-refractivity contribution in [2.45, 2.75) is 25.4 Å². The summed E-state index contributed by atoms with van der Waals surface area (Å²) in [4.78, 5) is 24.3. The van der Waals surface area contributed by atoms with Crippen molar-refractivity contribution in [3.63, 3.8) is 0 Å². The molecule has 2 aromatic rings. The van der Waals surface area contributed by atoms with Crippen LogP contribution >= 0.6 is 0 Å². The zero-order valence-electron chi connectivity index (χ0n) is 14.5. The smallest absolute Gasteiger partial charge is 0.268 e. The van der Waals surface area contributed by atoms with Crippen molar-refractivity contribution in [2.24, 2.45) is 10.8 Å². The molecule has 3 rings (SSSR count). The summed E-state index contributed by atoms with van der Waals surface area (Å²) in [7, 11) is 0. The van der Waals surface area contributed by atoms with Gasteiger partial charge in [0.15, 0.2) is 11.6 Å². The number of hydrogen-bond acceptors (Lipinski definition) is 4. The minimum absolute atomic E-state index is 0.0561. The minimum atomic E-state index is -0.990. The molecule has 140 valence electrons. The number of nitrogens with one attached hydrogen (secondary N) is 1. The highest BCUT2D eigenvalue weighted by molar-refractivity contribution is 6.40. The Kier molecular flexibility index (Phi) is 5.16. The molecule has 1 aliphatic rings. The number of nitrogens with zero attached hydrogens (tertiary/aromatic N) is 2. The Morgan fingerprint density at radius 1 is 1.19 bits per heavy atom. The molecule has 2 atom stereocenters. The summed E-state index contributed by atoms with van der Waals surface area (Å²) < 4.78 is 26.5. The van der Waals surface area contributed by atoms with Gasteiger partial charge in [0.25, 0.3) is 5.91 Å². The molecule has 0 saturated carbocycles. The van der Waals surface area contributed by atoms with Gasteiger partial charge in [0.1, 0.15) is 11.8 Å². The Morgan fingerprint density at radius 2 is 1.89 bits per heavy atom. The molecule has 0 spiro atoms. The fraction of sp³-hybridized carbons (Fsp3) is 0.211. The maximum atomic E-state index is 13.4. The fourth-order valence-electron chi connectivity index (χ4n) is 2.83. The molecule has 1 heterocycles. The standard InChI is InChI=1S/C19H18F2N4O2/c1-11(12-7-8-14(20)15(21)9-12)23-19(27)16-10-17(18(22)26)25(24-16)13-5-3-2-4-6-13/h2-9,11,17H,10H2,1H3,(H2,22,26)(H,23,27). The summed E-state index contributed by atoms with van der Waals surface area (Å²) >= 11 is 0. The number of halogens is 2. The molecular formula is C19H18F2N4O2. The van der Waals surface area contributed by atoms with E-state index < -0.39 is 35.5 Å². The summed E-state index contributed by atoms with van der Waals surface area (Å²) in [5.41, 5.74) is 6.63. The highest BCUT2D eigenvalue weighted by Gasteiger charge is 2.35. The van der Waals surface area contributed by atoms with E-state index in [-0.39, 0.29) is 12.1 Å². The van der Waals surface area contributed by atoms with E-state index in [2.05, 4.69) is 10.4 Å². The van der Waals surface area contributed by atoms with Gasteiger partial charge in [0, 0.05) is 6.42 Å². The van der Waals surface area contributed by atoms with Crippen LogP contribution in [0.15, 0.2) is 53.6 Å². The molecular weight excluding hydrogens is 354 g/mol. The molecule has 0 radical (unpaired) electrons. The largest absolute Gasteiger partial charge is 0.368 e. The summed E-state index contributed by atoms with van der Waals surface area (Å²) in [6.45, 7) is 1.64. The van der Waals surface area contributed by atoms with Gasteiger partial charge >= 0.3 is 0 Å². The first-order chi connectivity index (χ1) is 12.9. The van der Waals surface area contributed by atoms with E-state index >= 15 is 0 Å². The van der Waals surface area contributed by atoms with Crippen LogP contribution in [0.5, 0.6) is 0 Å². The zero-order valence-corrected chi connectivity index (χ0v) is 14.5. The highest BCUT2D eigenvalue weighted by Crippen LogP contribution is 2.25. The normalized spacial score (nSPS) is 17.4. The summed E-state index contributed by atoms with van der Waals surface area (Å²) in [5, 5.41) is 8.34. The molecule has 0 saturated heterocycles. The molecule has 3 N–H and O–H groups in total. The van der Waals surface area contributed by atoms with E-state index in [1.54, 1.807) is 31.2 Å². The summed E-state index contributed by atoms with van der Waals surface area (Å²) in [5.74, 6) is -3.05. The van der Waals surface area contributed by atoms with Gasteiger partial charge in [-0.15, -0.1) is 0 Å². The maximum Gasteiger partial charge on any atom is 0.268 e. The van der Waals surface area contributed by atoms with Gasteiger partial charge < -0.3 is 11.1 Å². The van der Waals surface area contributed by atoms with Crippen LogP contribution in [0.25, 0.3) is 0 Å². The van der Waals surface area contributed by atoms with Crippen molar-refractivity contribution >= 4 is 23.2 Å². The van der Waals surface area contributed by atoms with Crippen LogP contribution in [0.3, 0.4) is 0 Å². The van der Waals surface area contributed by atoms with Gasteiger partial charge in [-0.25, -0.2) is 8.78 Å². The molecule has 1 aliphatic heterocycles. The molecule has 27 heavy (non-hydrogen) atoms. The predicted octanol–water partition coefficient (Wildman–Crippen LogP) is 2.26. The predicted molar refractivity (Wildman–Crippen MR) is 96.9 cm³/mol. The lowest BCUT2D eigenvalue weighted by Crippen LogP contribution is -2.40. The monoisotopic (exact) mass is 372 g/mol. The molecule has 8 heteroatoms. The van der Waals surface area contributed by atoms with Crippen LogP contribution in [-0.2, 0) is 9.59 Å². The lowest BCUT2D eigenvalue weighted by molar-refractivity contribution is -0.119. The number of rotatable bonds is 5. The maximum absolute atomic E-state index is 13.4. The average molecular weight is 372 g/mol. The number of para-hydroxylation sites is 1. The second-order valence-electron chi connectivity index (χ2n) is 6.22. The second-order valence-corrected chi connectivity index (χ2v) is 6.22. The van der Waals surface area contributed by atoms with E-state index in [0.717, 1.165) is 12.1 Å². The molecule has 2 aromatic carbocycles. The Bertz CT molecular complexity index is 902. The lowest BCUT2D eigenvalue weighted by atomic mass is 10.1. The van der Waals surface area contributed by atoms with Crippen molar-refractivity contribution in [3.8, 4) is 0 Å². The molecule has 0 aliphatic carbocycles. The summed E-state index contributed by atoms with van der Waals surface area (Å²) in [6.07, 6.45) is 0.0561. The number of carbonyl (C=O) groups is 2. The number of anilines is 1. The van der Waals surface area contributed by atoms with Crippen LogP contribution in [0.4, 0.5) is 14.5 Å². The van der Waals surface area contributed by atoms with E-state index in [9.17, 15) is 18.4 Å². The Labute approximate surface area is 154 Å². The molecule has 0 fully saturated rings. The third-order valence-electron chi connectivity index (χ3n) is 4.31. The number of carbonyl (C=O) groups excluding carboxylic acids is 2. The first-order valence-electron chi connectivity index (χ1n) is 8.33. The van der Waals surface area contributed by atoms with E-state index in [1.807, 2.05) is 6.07 Å². The topological polar surface area (TPSA) is 87.8 Å². The fourth-order valence-corrected chi connectivity index (χ4v) is 2.83. The highest BCUT2D eigenvalue weighted by atomic mass is 19.2. The van der Waals surface area contributed by atoms with Crippen molar-refractivity contribution in [3.05, 3.63) is 65.7 Å². The lowest BCUT2D eigenvalue weighted by Gasteiger charge is -2.20. The van der Waals surface area contributed by atoms with Gasteiger partial charge in [-0.1, -0.05) is 24.3 Å². The quantitative estimate of drug-likeness (QED) is 0.844. The zero-order chi connectivity index (χ0) is 19.6. The number of hydrogen-bond donors (Lipinski definition) is 2. The first kappa shape index (κ1) is 18.5. The van der Waals surface area contributed by atoms with Crippen molar-refractivity contribution in [1.29, 1.82) is 0 Å². The first-order valence-corrected chi connectivity index (χ1v) is 8.33. The third-order valence-corrected chi connectivity index (χ3v) is 4.31. The van der Waals surface area contributed by atoms with E-state index in [0.29, 0.717) is 11.3 Å². The Morgan fingerprint density at radius 3 is 2.52 bits per heavy atom. The molecule has 0 bridgehead atoms. The SMILES string of the molecule is CC(NC(=O)C1=NN(c2ccccc2)C(C(N)=O)C1)c1ccc(F)c(F)c1. The second kappa shape index (κ2) is 7.53. The average Bonchev–Trinajstić information content (AvgIpc) is 3.10. The van der Waals surface area contributed by atoms with E-state index in [4.69, 9.17) is 5.73 Å². The number of hydrazone groups is 1. The van der Waals surface area contributed by atoms with Crippen LogP contribution in [-0.4, -0.2) is 23.6 Å². The van der Waals surface area contributed by atoms with Crippen LogP contribution in [0, 0.1) is 11.6 Å².